The van der Waals surface area contributed by atoms with Crippen LogP contribution in [0.1, 0.15) is 12.5 Å². The van der Waals surface area contributed by atoms with Crippen molar-refractivity contribution >= 4 is 0 Å². The van der Waals surface area contributed by atoms with E-state index in [-0.39, 0.29) is 5.60 Å². The second-order valence-electron chi connectivity index (χ2n) is 5.44. The second-order valence-corrected chi connectivity index (χ2v) is 5.44. The third-order valence-electron chi connectivity index (χ3n) is 3.55. The highest BCUT2D eigenvalue weighted by Crippen LogP contribution is 2.14. The largest absolute Gasteiger partial charge is 0.371 e. The lowest BCUT2D eigenvalue weighted by Gasteiger charge is -2.39. The van der Waals surface area contributed by atoms with E-state index >= 15 is 0 Å². The fraction of sp³-hybridized carbons (Fsp3) is 0.600. The molecular formula is C15H24N2O. The third kappa shape index (κ3) is 4.09. The summed E-state index contributed by atoms with van der Waals surface area (Å²) in [6, 6.07) is 10.6. The highest BCUT2D eigenvalue weighted by atomic mass is 16.5. The van der Waals surface area contributed by atoms with Gasteiger partial charge in [-0.3, -0.25) is 0 Å². The maximum Gasteiger partial charge on any atom is 0.0902 e. The van der Waals surface area contributed by atoms with E-state index in [1.165, 1.54) is 5.56 Å². The van der Waals surface area contributed by atoms with Crippen molar-refractivity contribution < 1.29 is 4.74 Å². The van der Waals surface area contributed by atoms with Gasteiger partial charge in [0, 0.05) is 26.2 Å². The van der Waals surface area contributed by atoms with Crippen molar-refractivity contribution in [3.63, 3.8) is 0 Å². The molecule has 1 fully saturated rings. The summed E-state index contributed by atoms with van der Waals surface area (Å²) in [6.07, 6.45) is 1.11. The van der Waals surface area contributed by atoms with Crippen LogP contribution in [-0.2, 0) is 11.2 Å². The van der Waals surface area contributed by atoms with Crippen LogP contribution in [-0.4, -0.2) is 50.3 Å². The first kappa shape index (κ1) is 13.5. The Bertz CT molecular complexity index is 349. The van der Waals surface area contributed by atoms with Crippen molar-refractivity contribution in [2.24, 2.45) is 0 Å². The number of benzene rings is 1. The lowest BCUT2D eigenvalue weighted by molar-refractivity contribution is -0.0708. The molecule has 1 aliphatic heterocycles. The molecule has 0 bridgehead atoms. The normalized spacial score (nSPS) is 17.7. The first-order valence-corrected chi connectivity index (χ1v) is 6.75. The fourth-order valence-corrected chi connectivity index (χ4v) is 2.10. The van der Waals surface area contributed by atoms with Crippen LogP contribution in [0.25, 0.3) is 0 Å². The standard InChI is InChI=1S/C15H24N2O/c1-15(12-16-13-15)18-11-10-17(2)9-8-14-6-4-3-5-7-14/h3-7,16H,8-13H2,1-2H3. The number of ether oxygens (including phenoxy) is 1. The molecule has 3 nitrogen and oxygen atoms in total. The highest BCUT2D eigenvalue weighted by molar-refractivity contribution is 5.14. The summed E-state index contributed by atoms with van der Waals surface area (Å²) in [7, 11) is 2.16. The minimum absolute atomic E-state index is 0.0836. The van der Waals surface area contributed by atoms with Gasteiger partial charge in [-0.1, -0.05) is 30.3 Å². The summed E-state index contributed by atoms with van der Waals surface area (Å²) in [5.74, 6) is 0. The van der Waals surface area contributed by atoms with Gasteiger partial charge in [-0.15, -0.1) is 0 Å². The van der Waals surface area contributed by atoms with E-state index in [1.807, 2.05) is 0 Å². The zero-order valence-corrected chi connectivity index (χ0v) is 11.5. The minimum atomic E-state index is 0.0836. The van der Waals surface area contributed by atoms with Crippen molar-refractivity contribution in [3.05, 3.63) is 35.9 Å². The van der Waals surface area contributed by atoms with Crippen molar-refractivity contribution in [2.45, 2.75) is 18.9 Å². The SMILES string of the molecule is CN(CCOC1(C)CNC1)CCc1ccccc1. The molecule has 0 spiro atoms. The van der Waals surface area contributed by atoms with Gasteiger partial charge in [0.25, 0.3) is 0 Å². The lowest BCUT2D eigenvalue weighted by Crippen LogP contribution is -2.59. The summed E-state index contributed by atoms with van der Waals surface area (Å²) >= 11 is 0. The van der Waals surface area contributed by atoms with Gasteiger partial charge in [-0.2, -0.15) is 0 Å². The molecule has 0 amide bonds. The predicted octanol–water partition coefficient (Wildman–Crippen LogP) is 1.54. The quantitative estimate of drug-likeness (QED) is 0.792. The molecular weight excluding hydrogens is 224 g/mol. The van der Waals surface area contributed by atoms with Gasteiger partial charge in [0.2, 0.25) is 0 Å². The van der Waals surface area contributed by atoms with E-state index in [4.69, 9.17) is 4.74 Å². The molecule has 3 heteroatoms. The molecule has 2 rings (SSSR count). The van der Waals surface area contributed by atoms with Crippen molar-refractivity contribution in [1.82, 2.24) is 10.2 Å². The van der Waals surface area contributed by atoms with Crippen LogP contribution in [0.5, 0.6) is 0 Å². The van der Waals surface area contributed by atoms with Crippen LogP contribution in [0.2, 0.25) is 0 Å². The monoisotopic (exact) mass is 248 g/mol. The van der Waals surface area contributed by atoms with Crippen LogP contribution in [0.4, 0.5) is 0 Å². The zero-order chi connectivity index (χ0) is 12.8. The molecule has 1 saturated heterocycles. The molecule has 0 aliphatic carbocycles. The fourth-order valence-electron chi connectivity index (χ4n) is 2.10. The maximum absolute atomic E-state index is 5.88. The van der Waals surface area contributed by atoms with Crippen molar-refractivity contribution in [2.75, 3.05) is 39.8 Å². The molecule has 1 heterocycles. The van der Waals surface area contributed by atoms with Gasteiger partial charge in [0.05, 0.1) is 12.2 Å². The number of nitrogens with zero attached hydrogens (tertiary/aromatic N) is 1. The number of nitrogens with one attached hydrogen (secondary N) is 1. The molecule has 1 N–H and O–H groups in total. The highest BCUT2D eigenvalue weighted by Gasteiger charge is 2.32. The van der Waals surface area contributed by atoms with Crippen LogP contribution in [0, 0.1) is 0 Å². The molecule has 0 aromatic heterocycles. The molecule has 0 saturated carbocycles. The second kappa shape index (κ2) is 6.32. The average Bonchev–Trinajstić information content (AvgIpc) is 2.35. The number of hydrogen-bond donors (Lipinski definition) is 1. The molecule has 1 aromatic carbocycles. The van der Waals surface area contributed by atoms with E-state index in [0.29, 0.717) is 0 Å². The van der Waals surface area contributed by atoms with E-state index in [0.717, 1.165) is 39.2 Å². The van der Waals surface area contributed by atoms with Crippen LogP contribution in [0.15, 0.2) is 30.3 Å². The summed E-state index contributed by atoms with van der Waals surface area (Å²) < 4.78 is 5.88. The molecule has 0 unspecified atom stereocenters. The summed E-state index contributed by atoms with van der Waals surface area (Å²) in [5.41, 5.74) is 1.49. The number of rotatable bonds is 7. The van der Waals surface area contributed by atoms with Gasteiger partial charge in [0.1, 0.15) is 0 Å². The van der Waals surface area contributed by atoms with Gasteiger partial charge in [-0.05, 0) is 26.0 Å². The van der Waals surface area contributed by atoms with E-state index in [1.54, 1.807) is 0 Å². The van der Waals surface area contributed by atoms with E-state index in [9.17, 15) is 0 Å². The number of likely N-dealkylation sites (N-methyl/N-ethyl adjacent to an activating group) is 1. The molecule has 18 heavy (non-hydrogen) atoms. The average molecular weight is 248 g/mol. The van der Waals surface area contributed by atoms with Gasteiger partial charge >= 0.3 is 0 Å². The van der Waals surface area contributed by atoms with Crippen LogP contribution >= 0.6 is 0 Å². The van der Waals surface area contributed by atoms with Crippen molar-refractivity contribution in [1.29, 1.82) is 0 Å². The maximum atomic E-state index is 5.88. The van der Waals surface area contributed by atoms with E-state index in [2.05, 4.69) is 54.5 Å². The first-order valence-electron chi connectivity index (χ1n) is 6.75. The van der Waals surface area contributed by atoms with Gasteiger partial charge < -0.3 is 15.0 Å². The predicted molar refractivity (Wildman–Crippen MR) is 74.9 cm³/mol. The minimum Gasteiger partial charge on any atom is -0.371 e. The Morgan fingerprint density at radius 1 is 1.22 bits per heavy atom. The van der Waals surface area contributed by atoms with Crippen LogP contribution < -0.4 is 5.32 Å². The van der Waals surface area contributed by atoms with Gasteiger partial charge in [-0.25, -0.2) is 0 Å². The Kier molecular flexibility index (Phi) is 4.75. The molecule has 0 radical (unpaired) electrons. The van der Waals surface area contributed by atoms with Crippen LogP contribution in [0.3, 0.4) is 0 Å². The number of hydrogen-bond acceptors (Lipinski definition) is 3. The Morgan fingerprint density at radius 3 is 2.56 bits per heavy atom. The third-order valence-corrected chi connectivity index (χ3v) is 3.55. The van der Waals surface area contributed by atoms with E-state index < -0.39 is 0 Å². The molecule has 100 valence electrons. The van der Waals surface area contributed by atoms with Gasteiger partial charge in [0.15, 0.2) is 0 Å². The Balaban J connectivity index is 1.59. The molecule has 0 atom stereocenters. The molecule has 1 aliphatic rings. The summed E-state index contributed by atoms with van der Waals surface area (Å²) in [6.45, 7) is 7.06. The Hall–Kier alpha value is -0.900. The Morgan fingerprint density at radius 2 is 1.94 bits per heavy atom. The van der Waals surface area contributed by atoms with Crippen molar-refractivity contribution in [3.8, 4) is 0 Å². The summed E-state index contributed by atoms with van der Waals surface area (Å²) in [5, 5.41) is 3.25. The topological polar surface area (TPSA) is 24.5 Å². The lowest BCUT2D eigenvalue weighted by atomic mass is 10.0. The summed E-state index contributed by atoms with van der Waals surface area (Å²) in [4.78, 5) is 2.34. The Labute approximate surface area is 110 Å². The smallest absolute Gasteiger partial charge is 0.0902 e. The first-order chi connectivity index (χ1) is 8.68. The zero-order valence-electron chi connectivity index (χ0n) is 11.5. The molecule has 1 aromatic rings.